The third-order valence-corrected chi connectivity index (χ3v) is 2.28. The van der Waals surface area contributed by atoms with Crippen LogP contribution >= 0.6 is 0 Å². The molecule has 0 spiro atoms. The van der Waals surface area contributed by atoms with Crippen LogP contribution in [0.3, 0.4) is 0 Å². The van der Waals surface area contributed by atoms with Gasteiger partial charge in [-0.25, -0.2) is 0 Å². The molecular formula is C9H12F6N2O. The van der Waals surface area contributed by atoms with Gasteiger partial charge in [-0.3, -0.25) is 0 Å². The summed E-state index contributed by atoms with van der Waals surface area (Å²) in [5.74, 6) is 0. The van der Waals surface area contributed by atoms with Gasteiger partial charge in [-0.2, -0.15) is 31.6 Å². The van der Waals surface area contributed by atoms with Gasteiger partial charge in [0.05, 0.1) is 12.7 Å². The predicted octanol–water partition coefficient (Wildman–Crippen LogP) is 2.39. The van der Waals surface area contributed by atoms with E-state index in [1.165, 1.54) is 14.0 Å². The molecule has 0 radical (unpaired) electrons. The number of hydrogen-bond acceptors (Lipinski definition) is 3. The highest BCUT2D eigenvalue weighted by molar-refractivity contribution is 5.02. The van der Waals surface area contributed by atoms with Crippen molar-refractivity contribution in [2.24, 2.45) is 0 Å². The molecule has 0 saturated carbocycles. The van der Waals surface area contributed by atoms with Gasteiger partial charge in [-0.05, 0) is 14.0 Å². The van der Waals surface area contributed by atoms with Crippen LogP contribution in [0.15, 0.2) is 0 Å². The summed E-state index contributed by atoms with van der Waals surface area (Å²) in [7, 11) is 1.37. The lowest BCUT2D eigenvalue weighted by Gasteiger charge is -2.25. The highest BCUT2D eigenvalue weighted by atomic mass is 19.4. The number of nitrogens with zero attached hydrogens (tertiary/aromatic N) is 1. The van der Waals surface area contributed by atoms with Crippen LogP contribution in [0, 0.1) is 11.3 Å². The van der Waals surface area contributed by atoms with E-state index < -0.39 is 30.6 Å². The van der Waals surface area contributed by atoms with E-state index >= 15 is 0 Å². The summed E-state index contributed by atoms with van der Waals surface area (Å²) in [5, 5.41) is 11.1. The van der Waals surface area contributed by atoms with Crippen molar-refractivity contribution in [3.05, 3.63) is 0 Å². The number of rotatable bonds is 5. The van der Waals surface area contributed by atoms with E-state index in [4.69, 9.17) is 5.26 Å². The fourth-order valence-electron chi connectivity index (χ4n) is 0.992. The van der Waals surface area contributed by atoms with E-state index in [9.17, 15) is 26.3 Å². The standard InChI is InChI=1S/C9H12F6N2O/c1-7(5-16,17-2)3-4-18-6(8(10,11)12)9(13,14)15/h6,17H,3-4H2,1-2H3. The second-order valence-corrected chi connectivity index (χ2v) is 3.78. The minimum atomic E-state index is -5.53. The van der Waals surface area contributed by atoms with Gasteiger partial charge in [0, 0.05) is 6.42 Å². The summed E-state index contributed by atoms with van der Waals surface area (Å²) in [6.45, 7) is 0.501. The highest BCUT2D eigenvalue weighted by Gasteiger charge is 2.57. The van der Waals surface area contributed by atoms with Crippen LogP contribution in [0.4, 0.5) is 26.3 Å². The second kappa shape index (κ2) is 5.75. The average molecular weight is 278 g/mol. The number of ether oxygens (including phenoxy) is 1. The molecule has 1 unspecified atom stereocenters. The molecule has 3 nitrogen and oxygen atoms in total. The van der Waals surface area contributed by atoms with Crippen LogP contribution in [0.5, 0.6) is 0 Å². The van der Waals surface area contributed by atoms with E-state index in [0.717, 1.165) is 0 Å². The van der Waals surface area contributed by atoms with Crippen molar-refractivity contribution < 1.29 is 31.1 Å². The Morgan fingerprint density at radius 3 is 1.89 bits per heavy atom. The molecule has 0 aromatic heterocycles. The zero-order valence-electron chi connectivity index (χ0n) is 9.61. The maximum Gasteiger partial charge on any atom is 0.423 e. The second-order valence-electron chi connectivity index (χ2n) is 3.78. The Bertz CT molecular complexity index is 294. The quantitative estimate of drug-likeness (QED) is 0.785. The molecule has 0 heterocycles. The maximum absolute atomic E-state index is 12.1. The van der Waals surface area contributed by atoms with Gasteiger partial charge in [0.1, 0.15) is 5.54 Å². The first kappa shape index (κ1) is 17.0. The van der Waals surface area contributed by atoms with E-state index in [2.05, 4.69) is 10.1 Å². The van der Waals surface area contributed by atoms with Crippen molar-refractivity contribution in [2.75, 3.05) is 13.7 Å². The van der Waals surface area contributed by atoms with E-state index in [1.807, 2.05) is 0 Å². The molecule has 0 amide bonds. The molecule has 0 aliphatic rings. The lowest BCUT2D eigenvalue weighted by molar-refractivity contribution is -0.322. The fraction of sp³-hybridized carbons (Fsp3) is 0.889. The molecule has 18 heavy (non-hydrogen) atoms. The Balaban J connectivity index is 4.54. The first-order valence-corrected chi connectivity index (χ1v) is 4.81. The molecule has 0 aromatic carbocycles. The van der Waals surface area contributed by atoms with Gasteiger partial charge in [0.15, 0.2) is 0 Å². The molecule has 0 rings (SSSR count). The van der Waals surface area contributed by atoms with Gasteiger partial charge >= 0.3 is 12.4 Å². The van der Waals surface area contributed by atoms with Gasteiger partial charge in [0.25, 0.3) is 0 Å². The van der Waals surface area contributed by atoms with Crippen molar-refractivity contribution >= 4 is 0 Å². The monoisotopic (exact) mass is 278 g/mol. The smallest absolute Gasteiger partial charge is 0.361 e. The number of nitrogens with one attached hydrogen (secondary N) is 1. The molecule has 0 fully saturated rings. The van der Waals surface area contributed by atoms with Crippen molar-refractivity contribution in [3.8, 4) is 6.07 Å². The van der Waals surface area contributed by atoms with Gasteiger partial charge in [0.2, 0.25) is 6.10 Å². The van der Waals surface area contributed by atoms with Crippen molar-refractivity contribution in [1.82, 2.24) is 5.32 Å². The first-order valence-electron chi connectivity index (χ1n) is 4.81. The molecule has 1 N–H and O–H groups in total. The Morgan fingerprint density at radius 2 is 1.61 bits per heavy atom. The largest absolute Gasteiger partial charge is 0.423 e. The Kier molecular flexibility index (Phi) is 5.43. The minimum absolute atomic E-state index is 0.303. The number of halogens is 6. The maximum atomic E-state index is 12.1. The third-order valence-electron chi connectivity index (χ3n) is 2.28. The molecule has 0 aliphatic carbocycles. The Hall–Kier alpha value is -1.01. The molecule has 0 aromatic rings. The van der Waals surface area contributed by atoms with Crippen LogP contribution in [-0.4, -0.2) is 37.7 Å². The zero-order valence-corrected chi connectivity index (χ0v) is 9.61. The molecular weight excluding hydrogens is 266 g/mol. The molecule has 106 valence electrons. The Morgan fingerprint density at radius 1 is 1.17 bits per heavy atom. The first-order chi connectivity index (χ1) is 7.96. The van der Waals surface area contributed by atoms with E-state index in [-0.39, 0.29) is 6.42 Å². The number of nitriles is 1. The van der Waals surface area contributed by atoms with Crippen molar-refractivity contribution in [1.29, 1.82) is 5.26 Å². The van der Waals surface area contributed by atoms with E-state index in [1.54, 1.807) is 6.07 Å². The zero-order chi connectivity index (χ0) is 14.6. The number of hydrogen-bond donors (Lipinski definition) is 1. The Labute approximate surface area is 99.7 Å². The van der Waals surface area contributed by atoms with E-state index in [0.29, 0.717) is 0 Å². The minimum Gasteiger partial charge on any atom is -0.361 e. The van der Waals surface area contributed by atoms with Crippen LogP contribution < -0.4 is 5.32 Å². The summed E-state index contributed by atoms with van der Waals surface area (Å²) in [4.78, 5) is 0. The molecule has 0 bridgehead atoms. The fourth-order valence-corrected chi connectivity index (χ4v) is 0.992. The highest BCUT2D eigenvalue weighted by Crippen LogP contribution is 2.35. The topological polar surface area (TPSA) is 45.0 Å². The normalized spacial score (nSPS) is 16.4. The summed E-state index contributed by atoms with van der Waals surface area (Å²) in [5.41, 5.74) is -1.23. The average Bonchev–Trinajstić information content (AvgIpc) is 2.20. The van der Waals surface area contributed by atoms with Gasteiger partial charge < -0.3 is 10.1 Å². The lowest BCUT2D eigenvalue weighted by atomic mass is 10.0. The van der Waals surface area contributed by atoms with Crippen LogP contribution in [0.1, 0.15) is 13.3 Å². The van der Waals surface area contributed by atoms with Crippen molar-refractivity contribution in [3.63, 3.8) is 0 Å². The van der Waals surface area contributed by atoms with Crippen molar-refractivity contribution in [2.45, 2.75) is 37.3 Å². The van der Waals surface area contributed by atoms with Gasteiger partial charge in [-0.15, -0.1) is 0 Å². The summed E-state index contributed by atoms with van der Waals surface area (Å²) in [6, 6.07) is 1.73. The SMILES string of the molecule is CNC(C)(C#N)CCOC(C(F)(F)F)C(F)(F)F. The predicted molar refractivity (Wildman–Crippen MR) is 49.5 cm³/mol. The molecule has 0 aliphatic heterocycles. The third kappa shape index (κ3) is 5.10. The summed E-state index contributed by atoms with van der Waals surface area (Å²) >= 11 is 0. The molecule has 0 saturated heterocycles. The molecule has 9 heteroatoms. The molecule has 1 atom stereocenters. The van der Waals surface area contributed by atoms with Crippen LogP contribution in [0.2, 0.25) is 0 Å². The van der Waals surface area contributed by atoms with Crippen LogP contribution in [-0.2, 0) is 4.74 Å². The summed E-state index contributed by atoms with van der Waals surface area (Å²) < 4.78 is 76.3. The van der Waals surface area contributed by atoms with Gasteiger partial charge in [-0.1, -0.05) is 0 Å². The lowest BCUT2D eigenvalue weighted by Crippen LogP contribution is -2.46. The number of alkyl halides is 6. The van der Waals surface area contributed by atoms with Crippen LogP contribution in [0.25, 0.3) is 0 Å². The summed E-state index contributed by atoms with van der Waals surface area (Å²) in [6.07, 6.45) is -15.2.